The van der Waals surface area contributed by atoms with Crippen LogP contribution in [0.2, 0.25) is 0 Å². The second kappa shape index (κ2) is 11.9. The first-order valence-electron chi connectivity index (χ1n) is 14.7. The lowest BCUT2D eigenvalue weighted by Crippen LogP contribution is -2.36. The van der Waals surface area contributed by atoms with Crippen LogP contribution in [0.4, 0.5) is 5.69 Å². The largest absolute Gasteiger partial charge is 0.493 e. The number of fused-ring (bicyclic) bond motifs is 3. The van der Waals surface area contributed by atoms with Crippen molar-refractivity contribution >= 4 is 16.6 Å². The van der Waals surface area contributed by atoms with Gasteiger partial charge in [-0.15, -0.1) is 0 Å². The highest BCUT2D eigenvalue weighted by atomic mass is 16.5. The van der Waals surface area contributed by atoms with Crippen LogP contribution in [-0.4, -0.2) is 63.0 Å². The molecule has 6 nitrogen and oxygen atoms in total. The molecule has 6 rings (SSSR count). The Hall–Kier alpha value is -3.48. The lowest BCUT2D eigenvalue weighted by molar-refractivity contribution is 0.0368. The van der Waals surface area contributed by atoms with Gasteiger partial charge in [0.25, 0.3) is 0 Å². The number of ether oxygens (including phenoxy) is 3. The van der Waals surface area contributed by atoms with Crippen LogP contribution in [0.25, 0.3) is 10.9 Å². The van der Waals surface area contributed by atoms with Crippen LogP contribution in [0.3, 0.4) is 0 Å². The molecule has 0 radical (unpaired) electrons. The lowest BCUT2D eigenvalue weighted by atomic mass is 9.91. The van der Waals surface area contributed by atoms with Gasteiger partial charge in [-0.1, -0.05) is 35.4 Å². The number of nitrogens with one attached hydrogen (secondary N) is 1. The molecule has 0 spiro atoms. The molecular weight excluding hydrogens is 498 g/mol. The second-order valence-electron chi connectivity index (χ2n) is 11.2. The summed E-state index contributed by atoms with van der Waals surface area (Å²) < 4.78 is 17.6. The van der Waals surface area contributed by atoms with Crippen LogP contribution in [0.5, 0.6) is 11.5 Å². The Morgan fingerprint density at radius 1 is 0.875 bits per heavy atom. The van der Waals surface area contributed by atoms with Crippen molar-refractivity contribution in [2.45, 2.75) is 39.2 Å². The van der Waals surface area contributed by atoms with Crippen molar-refractivity contribution in [1.29, 1.82) is 0 Å². The average molecular weight is 540 g/mol. The smallest absolute Gasteiger partial charge is 0.161 e. The van der Waals surface area contributed by atoms with E-state index < -0.39 is 0 Å². The van der Waals surface area contributed by atoms with E-state index in [4.69, 9.17) is 14.2 Å². The third-order valence-corrected chi connectivity index (χ3v) is 8.38. The number of benzene rings is 3. The molecule has 0 aliphatic carbocycles. The molecule has 2 aliphatic heterocycles. The molecule has 210 valence electrons. The summed E-state index contributed by atoms with van der Waals surface area (Å²) in [5.74, 6) is 1.59. The third-order valence-electron chi connectivity index (χ3n) is 8.38. The highest BCUT2D eigenvalue weighted by Gasteiger charge is 2.32. The maximum absolute atomic E-state index is 6.37. The number of H-pyrrole nitrogens is 1. The summed E-state index contributed by atoms with van der Waals surface area (Å²) in [6.07, 6.45) is 3.13. The molecule has 3 aromatic carbocycles. The molecule has 0 bridgehead atoms. The van der Waals surface area contributed by atoms with Crippen LogP contribution in [0.1, 0.15) is 46.8 Å². The van der Waals surface area contributed by atoms with E-state index in [0.717, 1.165) is 70.2 Å². The van der Waals surface area contributed by atoms with Crippen LogP contribution in [-0.2, 0) is 11.2 Å². The topological polar surface area (TPSA) is 50.0 Å². The van der Waals surface area contributed by atoms with Crippen LogP contribution in [0.15, 0.2) is 60.7 Å². The van der Waals surface area contributed by atoms with Gasteiger partial charge in [0.15, 0.2) is 11.5 Å². The minimum atomic E-state index is 0.0498. The fourth-order valence-electron chi connectivity index (χ4n) is 6.18. The maximum Gasteiger partial charge on any atom is 0.161 e. The minimum Gasteiger partial charge on any atom is -0.493 e. The first-order chi connectivity index (χ1) is 19.6. The molecule has 0 amide bonds. The number of hydrogen-bond donors (Lipinski definition) is 1. The van der Waals surface area contributed by atoms with Crippen molar-refractivity contribution < 1.29 is 14.2 Å². The summed E-state index contributed by atoms with van der Waals surface area (Å²) in [6.45, 7) is 10.8. The van der Waals surface area contributed by atoms with E-state index in [-0.39, 0.29) is 6.04 Å². The second-order valence-corrected chi connectivity index (χ2v) is 11.2. The maximum atomic E-state index is 6.37. The minimum absolute atomic E-state index is 0.0498. The quantitative estimate of drug-likeness (QED) is 0.248. The van der Waals surface area contributed by atoms with Gasteiger partial charge >= 0.3 is 0 Å². The number of rotatable bonds is 9. The monoisotopic (exact) mass is 539 g/mol. The first-order valence-corrected chi connectivity index (χ1v) is 14.7. The first kappa shape index (κ1) is 26.7. The number of unbranched alkanes of at least 4 members (excludes halogenated alkanes) is 1. The molecule has 6 heteroatoms. The molecule has 1 fully saturated rings. The number of methoxy groups -OCH3 is 1. The summed E-state index contributed by atoms with van der Waals surface area (Å²) in [6, 6.07) is 22.1. The van der Waals surface area contributed by atoms with Gasteiger partial charge in [-0.05, 0) is 87.2 Å². The van der Waals surface area contributed by atoms with E-state index in [9.17, 15) is 0 Å². The molecule has 2 aliphatic rings. The predicted octanol–water partition coefficient (Wildman–Crippen LogP) is 6.44. The van der Waals surface area contributed by atoms with E-state index in [1.807, 2.05) is 0 Å². The summed E-state index contributed by atoms with van der Waals surface area (Å²) in [5.41, 5.74) is 8.90. The molecule has 4 aromatic rings. The fourth-order valence-corrected chi connectivity index (χ4v) is 6.18. The molecule has 1 saturated heterocycles. The number of anilines is 1. The SMILES string of the molecule is COc1ccc(C2c3[nH]c4ccc(C)cc4c3CCN2c2ccc(C)cc2)cc1OCCCCN1CCOCC1. The van der Waals surface area contributed by atoms with E-state index in [2.05, 4.69) is 89.3 Å². The molecule has 40 heavy (non-hydrogen) atoms. The van der Waals surface area contributed by atoms with Gasteiger partial charge in [-0.25, -0.2) is 0 Å². The molecular formula is C34H41N3O3. The summed E-state index contributed by atoms with van der Waals surface area (Å²) in [7, 11) is 1.72. The Morgan fingerprint density at radius 2 is 1.68 bits per heavy atom. The zero-order valence-electron chi connectivity index (χ0n) is 24.0. The highest BCUT2D eigenvalue weighted by Crippen LogP contribution is 2.43. The van der Waals surface area contributed by atoms with Gasteiger partial charge in [0.1, 0.15) is 0 Å². The van der Waals surface area contributed by atoms with E-state index in [1.54, 1.807) is 7.11 Å². The van der Waals surface area contributed by atoms with E-state index in [1.165, 1.54) is 44.5 Å². The summed E-state index contributed by atoms with van der Waals surface area (Å²) >= 11 is 0. The van der Waals surface area contributed by atoms with E-state index >= 15 is 0 Å². The molecule has 1 unspecified atom stereocenters. The summed E-state index contributed by atoms with van der Waals surface area (Å²) in [4.78, 5) is 8.82. The standard InChI is InChI=1S/C34H41N3O3/c1-24-6-10-27(11-7-24)37-16-14-28-29-22-25(2)8-12-30(29)35-33(28)34(37)26-9-13-31(38-3)32(23-26)40-19-5-4-15-36-17-20-39-21-18-36/h6-13,22-23,34-35H,4-5,14-21H2,1-3H3. The Kier molecular flexibility index (Phi) is 7.98. The number of aryl methyl sites for hydroxylation is 2. The summed E-state index contributed by atoms with van der Waals surface area (Å²) in [5, 5.41) is 1.34. The molecule has 1 N–H and O–H groups in total. The fraction of sp³-hybridized carbons (Fsp3) is 0.412. The van der Waals surface area contributed by atoms with Crippen molar-refractivity contribution in [3.8, 4) is 11.5 Å². The van der Waals surface area contributed by atoms with Crippen molar-refractivity contribution in [3.63, 3.8) is 0 Å². The van der Waals surface area contributed by atoms with E-state index in [0.29, 0.717) is 6.61 Å². The Bertz CT molecular complexity index is 1440. The number of aromatic nitrogens is 1. The van der Waals surface area contributed by atoms with Gasteiger partial charge < -0.3 is 24.1 Å². The molecule has 3 heterocycles. The molecule has 0 saturated carbocycles. The Morgan fingerprint density at radius 3 is 2.48 bits per heavy atom. The predicted molar refractivity (Wildman–Crippen MR) is 162 cm³/mol. The zero-order valence-corrected chi connectivity index (χ0v) is 24.0. The lowest BCUT2D eigenvalue weighted by Gasteiger charge is -2.38. The van der Waals surface area contributed by atoms with Gasteiger partial charge in [0, 0.05) is 41.9 Å². The van der Waals surface area contributed by atoms with Gasteiger partial charge in [-0.3, -0.25) is 4.90 Å². The molecule has 1 atom stereocenters. The number of nitrogens with zero attached hydrogens (tertiary/aromatic N) is 2. The average Bonchev–Trinajstić information content (AvgIpc) is 3.35. The van der Waals surface area contributed by atoms with Crippen molar-refractivity contribution in [3.05, 3.63) is 88.6 Å². The Balaban J connectivity index is 1.29. The van der Waals surface area contributed by atoms with Gasteiger partial charge in [-0.2, -0.15) is 0 Å². The highest BCUT2D eigenvalue weighted by molar-refractivity contribution is 5.86. The van der Waals surface area contributed by atoms with Crippen LogP contribution < -0.4 is 14.4 Å². The van der Waals surface area contributed by atoms with Crippen LogP contribution >= 0.6 is 0 Å². The Labute approximate surface area is 237 Å². The van der Waals surface area contributed by atoms with Crippen molar-refractivity contribution in [2.24, 2.45) is 0 Å². The number of aromatic amines is 1. The number of morpholine rings is 1. The molecule has 1 aromatic heterocycles. The number of hydrogen-bond acceptors (Lipinski definition) is 5. The van der Waals surface area contributed by atoms with Crippen molar-refractivity contribution in [2.75, 3.05) is 58.0 Å². The normalized spacial score (nSPS) is 17.7. The third kappa shape index (κ3) is 5.56. The van der Waals surface area contributed by atoms with Gasteiger partial charge in [0.05, 0.1) is 33.0 Å². The van der Waals surface area contributed by atoms with Crippen molar-refractivity contribution in [1.82, 2.24) is 9.88 Å². The van der Waals surface area contributed by atoms with Crippen LogP contribution in [0, 0.1) is 13.8 Å². The zero-order chi connectivity index (χ0) is 27.5. The van der Waals surface area contributed by atoms with Gasteiger partial charge in [0.2, 0.25) is 0 Å².